The molecule has 2 rings (SSSR count). The second kappa shape index (κ2) is 6.49. The molecule has 3 N–H and O–H groups in total. The number of carbonyl (C=O) groups is 1. The number of ether oxygens (including phenoxy) is 2. The van der Waals surface area contributed by atoms with Gasteiger partial charge in [0.05, 0.1) is 36.8 Å². The van der Waals surface area contributed by atoms with E-state index < -0.39 is 5.97 Å². The van der Waals surface area contributed by atoms with E-state index in [1.165, 1.54) is 7.11 Å². The third-order valence-electron chi connectivity index (χ3n) is 2.92. The summed E-state index contributed by atoms with van der Waals surface area (Å²) in [6, 6.07) is 10.5. The van der Waals surface area contributed by atoms with Gasteiger partial charge in [0.25, 0.3) is 0 Å². The predicted molar refractivity (Wildman–Crippen MR) is 86.2 cm³/mol. The van der Waals surface area contributed by atoms with Crippen LogP contribution in [0, 0.1) is 0 Å². The Labute approximate surface area is 131 Å². The average molecular weight is 351 g/mol. The minimum Gasteiger partial charge on any atom is -0.497 e. The van der Waals surface area contributed by atoms with E-state index in [1.54, 1.807) is 25.3 Å². The smallest absolute Gasteiger partial charge is 0.337 e. The van der Waals surface area contributed by atoms with Crippen LogP contribution in [-0.2, 0) is 4.74 Å². The number of carbonyl (C=O) groups excluding carboxylic acids is 1. The van der Waals surface area contributed by atoms with Crippen LogP contribution in [0.3, 0.4) is 0 Å². The van der Waals surface area contributed by atoms with Crippen molar-refractivity contribution in [2.24, 2.45) is 0 Å². The Bertz CT molecular complexity index is 674. The number of hydrogen-bond acceptors (Lipinski definition) is 5. The predicted octanol–water partition coefficient (Wildman–Crippen LogP) is 3.57. The molecule has 0 aromatic heterocycles. The van der Waals surface area contributed by atoms with E-state index in [2.05, 4.69) is 26.0 Å². The van der Waals surface area contributed by atoms with Gasteiger partial charge in [-0.1, -0.05) is 0 Å². The Morgan fingerprint density at radius 2 is 1.90 bits per heavy atom. The van der Waals surface area contributed by atoms with Crippen molar-refractivity contribution in [3.8, 4) is 5.75 Å². The van der Waals surface area contributed by atoms with Gasteiger partial charge in [-0.15, -0.1) is 0 Å². The van der Waals surface area contributed by atoms with Crippen molar-refractivity contribution >= 4 is 39.0 Å². The molecular formula is C15H15BrN2O3. The van der Waals surface area contributed by atoms with Gasteiger partial charge in [-0.3, -0.25) is 0 Å². The maximum Gasteiger partial charge on any atom is 0.337 e. The number of anilines is 3. The first-order valence-corrected chi connectivity index (χ1v) is 6.93. The van der Waals surface area contributed by atoms with Crippen LogP contribution in [0.2, 0.25) is 0 Å². The average Bonchev–Trinajstić information content (AvgIpc) is 2.50. The number of methoxy groups -OCH3 is 2. The molecular weight excluding hydrogens is 336 g/mol. The topological polar surface area (TPSA) is 73.6 Å². The summed E-state index contributed by atoms with van der Waals surface area (Å²) in [7, 11) is 2.94. The number of halogens is 1. The highest BCUT2D eigenvalue weighted by molar-refractivity contribution is 9.10. The van der Waals surface area contributed by atoms with Crippen LogP contribution >= 0.6 is 15.9 Å². The van der Waals surface area contributed by atoms with E-state index >= 15 is 0 Å². The first-order valence-electron chi connectivity index (χ1n) is 6.13. The van der Waals surface area contributed by atoms with Crippen LogP contribution < -0.4 is 15.8 Å². The van der Waals surface area contributed by atoms with Gasteiger partial charge >= 0.3 is 5.97 Å². The molecule has 0 unspecified atom stereocenters. The summed E-state index contributed by atoms with van der Waals surface area (Å²) in [4.78, 5) is 11.5. The SMILES string of the molecule is COC(=O)c1ccc(Nc2cc(OC)ccc2Br)c(N)c1. The van der Waals surface area contributed by atoms with E-state index in [0.717, 1.165) is 15.9 Å². The zero-order chi connectivity index (χ0) is 15.4. The van der Waals surface area contributed by atoms with Gasteiger partial charge in [0.15, 0.2) is 0 Å². The summed E-state index contributed by atoms with van der Waals surface area (Å²) in [5.74, 6) is 0.307. The molecule has 0 aliphatic rings. The summed E-state index contributed by atoms with van der Waals surface area (Å²) in [6.45, 7) is 0. The summed E-state index contributed by atoms with van der Waals surface area (Å²) >= 11 is 3.46. The van der Waals surface area contributed by atoms with Gasteiger partial charge in [-0.05, 0) is 46.3 Å². The molecule has 110 valence electrons. The molecule has 0 bridgehead atoms. The normalized spacial score (nSPS) is 10.0. The first kappa shape index (κ1) is 15.2. The molecule has 21 heavy (non-hydrogen) atoms. The second-order valence-corrected chi connectivity index (χ2v) is 5.12. The molecule has 0 aliphatic carbocycles. The van der Waals surface area contributed by atoms with E-state index in [1.807, 2.05) is 18.2 Å². The number of nitrogens with two attached hydrogens (primary N) is 1. The molecule has 0 fully saturated rings. The van der Waals surface area contributed by atoms with Crippen LogP contribution in [0.4, 0.5) is 17.1 Å². The quantitative estimate of drug-likeness (QED) is 0.651. The monoisotopic (exact) mass is 350 g/mol. The molecule has 0 atom stereocenters. The lowest BCUT2D eigenvalue weighted by molar-refractivity contribution is 0.0601. The zero-order valence-corrected chi connectivity index (χ0v) is 13.2. The van der Waals surface area contributed by atoms with Crippen LogP contribution in [0.15, 0.2) is 40.9 Å². The minimum atomic E-state index is -0.421. The van der Waals surface area contributed by atoms with E-state index in [9.17, 15) is 4.79 Å². The number of nitrogen functional groups attached to an aromatic ring is 1. The number of benzene rings is 2. The highest BCUT2D eigenvalue weighted by Crippen LogP contribution is 2.32. The molecule has 5 nitrogen and oxygen atoms in total. The van der Waals surface area contributed by atoms with Crippen molar-refractivity contribution in [1.29, 1.82) is 0 Å². The highest BCUT2D eigenvalue weighted by atomic mass is 79.9. The van der Waals surface area contributed by atoms with Gasteiger partial charge in [0.1, 0.15) is 5.75 Å². The van der Waals surface area contributed by atoms with Gasteiger partial charge < -0.3 is 20.5 Å². The van der Waals surface area contributed by atoms with Crippen molar-refractivity contribution in [2.45, 2.75) is 0 Å². The lowest BCUT2D eigenvalue weighted by atomic mass is 10.1. The summed E-state index contributed by atoms with van der Waals surface area (Å²) < 4.78 is 10.7. The molecule has 2 aromatic carbocycles. The highest BCUT2D eigenvalue weighted by Gasteiger charge is 2.09. The molecule has 0 aliphatic heterocycles. The zero-order valence-electron chi connectivity index (χ0n) is 11.6. The van der Waals surface area contributed by atoms with Crippen molar-refractivity contribution in [3.05, 3.63) is 46.4 Å². The fourth-order valence-corrected chi connectivity index (χ4v) is 2.14. The van der Waals surface area contributed by atoms with Gasteiger partial charge in [-0.2, -0.15) is 0 Å². The number of hydrogen-bond donors (Lipinski definition) is 2. The van der Waals surface area contributed by atoms with Crippen LogP contribution in [0.5, 0.6) is 5.75 Å². The van der Waals surface area contributed by atoms with Crippen molar-refractivity contribution in [1.82, 2.24) is 0 Å². The first-order chi connectivity index (χ1) is 10.0. The largest absolute Gasteiger partial charge is 0.497 e. The number of nitrogens with one attached hydrogen (secondary N) is 1. The molecule has 2 aromatic rings. The summed E-state index contributed by atoms with van der Waals surface area (Å²) in [6.07, 6.45) is 0. The van der Waals surface area contributed by atoms with Crippen LogP contribution in [-0.4, -0.2) is 20.2 Å². The molecule has 0 saturated heterocycles. The number of rotatable bonds is 4. The second-order valence-electron chi connectivity index (χ2n) is 4.26. The summed E-state index contributed by atoms with van der Waals surface area (Å²) in [5.41, 5.74) is 8.33. The standard InChI is InChI=1S/C15H15BrN2O3/c1-20-10-4-5-11(16)14(8-10)18-13-6-3-9(7-12(13)17)15(19)21-2/h3-8,18H,17H2,1-2H3. The molecule has 0 heterocycles. The molecule has 0 spiro atoms. The molecule has 0 saturated carbocycles. The Morgan fingerprint density at radius 1 is 1.14 bits per heavy atom. The third kappa shape index (κ3) is 3.46. The fraction of sp³-hybridized carbons (Fsp3) is 0.133. The number of esters is 1. The Hall–Kier alpha value is -2.21. The maximum atomic E-state index is 11.5. The summed E-state index contributed by atoms with van der Waals surface area (Å²) in [5, 5.41) is 3.20. The van der Waals surface area contributed by atoms with Gasteiger partial charge in [-0.25, -0.2) is 4.79 Å². The minimum absolute atomic E-state index is 0.408. The Balaban J connectivity index is 2.30. The van der Waals surface area contributed by atoms with Gasteiger partial charge in [0, 0.05) is 10.5 Å². The van der Waals surface area contributed by atoms with E-state index in [4.69, 9.17) is 10.5 Å². The molecule has 0 radical (unpaired) electrons. The fourth-order valence-electron chi connectivity index (χ4n) is 1.79. The lowest BCUT2D eigenvalue weighted by Crippen LogP contribution is -2.04. The van der Waals surface area contributed by atoms with Crippen molar-refractivity contribution in [3.63, 3.8) is 0 Å². The van der Waals surface area contributed by atoms with E-state index in [0.29, 0.717) is 16.9 Å². The van der Waals surface area contributed by atoms with Crippen LogP contribution in [0.25, 0.3) is 0 Å². The van der Waals surface area contributed by atoms with Crippen molar-refractivity contribution in [2.75, 3.05) is 25.3 Å². The lowest BCUT2D eigenvalue weighted by Gasteiger charge is -2.13. The molecule has 6 heteroatoms. The maximum absolute atomic E-state index is 11.5. The van der Waals surface area contributed by atoms with Crippen molar-refractivity contribution < 1.29 is 14.3 Å². The third-order valence-corrected chi connectivity index (χ3v) is 3.61. The van der Waals surface area contributed by atoms with Crippen LogP contribution in [0.1, 0.15) is 10.4 Å². The van der Waals surface area contributed by atoms with E-state index in [-0.39, 0.29) is 0 Å². The molecule has 0 amide bonds. The van der Waals surface area contributed by atoms with Gasteiger partial charge in [0.2, 0.25) is 0 Å². The Kier molecular flexibility index (Phi) is 4.70. The Morgan fingerprint density at radius 3 is 2.52 bits per heavy atom.